The molecule has 0 atom stereocenters. The number of aromatic carboxylic acids is 2. The third-order valence-electron chi connectivity index (χ3n) is 3.58. The number of carboxylic acid groups (broad SMARTS) is 2. The second kappa shape index (κ2) is 6.03. The lowest BCUT2D eigenvalue weighted by Gasteiger charge is -2.03. The van der Waals surface area contributed by atoms with E-state index in [-0.39, 0.29) is 9.75 Å². The van der Waals surface area contributed by atoms with Crippen molar-refractivity contribution >= 4 is 57.4 Å². The summed E-state index contributed by atoms with van der Waals surface area (Å²) in [4.78, 5) is 24.3. The first kappa shape index (κ1) is 15.9. The monoisotopic (exact) mass is 388 g/mol. The van der Waals surface area contributed by atoms with Crippen LogP contribution >= 0.6 is 34.4 Å². The Bertz CT molecular complexity index is 1040. The number of rotatable bonds is 4. The lowest BCUT2D eigenvalue weighted by atomic mass is 10.1. The molecule has 0 saturated carbocycles. The molecular formula is C16H8N2O4S3. The molecular weight excluding hydrogens is 380 g/mol. The van der Waals surface area contributed by atoms with Crippen molar-refractivity contribution < 1.29 is 19.8 Å². The van der Waals surface area contributed by atoms with E-state index in [1.165, 1.54) is 22.7 Å². The van der Waals surface area contributed by atoms with Gasteiger partial charge >= 0.3 is 11.9 Å². The fraction of sp³-hybridized carbons (Fsp3) is 0. The molecule has 0 aliphatic carbocycles. The van der Waals surface area contributed by atoms with Crippen molar-refractivity contribution in [2.45, 2.75) is 0 Å². The number of carbonyl (C=O) groups is 2. The largest absolute Gasteiger partial charge is 0.477 e. The maximum absolute atomic E-state index is 11.1. The smallest absolute Gasteiger partial charge is 0.345 e. The first-order valence-corrected chi connectivity index (χ1v) is 9.33. The topological polar surface area (TPSA) is 100 Å². The molecule has 0 aliphatic rings. The van der Waals surface area contributed by atoms with Crippen LogP contribution in [0.3, 0.4) is 0 Å². The van der Waals surface area contributed by atoms with Gasteiger partial charge in [-0.25, -0.2) is 9.59 Å². The van der Waals surface area contributed by atoms with Crippen LogP contribution in [0.15, 0.2) is 36.4 Å². The molecule has 3 aromatic heterocycles. The van der Waals surface area contributed by atoms with Crippen LogP contribution in [0.25, 0.3) is 31.9 Å². The second-order valence-corrected chi connectivity index (χ2v) is 7.76. The molecule has 6 nitrogen and oxygen atoms in total. The summed E-state index contributed by atoms with van der Waals surface area (Å²) < 4.78 is 8.71. The molecule has 1 aromatic carbocycles. The lowest BCUT2D eigenvalue weighted by molar-refractivity contribution is 0.0691. The van der Waals surface area contributed by atoms with E-state index in [0.29, 0.717) is 11.0 Å². The standard InChI is InChI=1S/C16H8N2O4S3/c19-15(20)11-5-3-9(23-11)7-1-2-8(14-13(7)17-25-18-14)10-4-6-12(24-10)16(21)22/h1-6H,(H,19,20)(H,21,22). The number of carboxylic acids is 2. The van der Waals surface area contributed by atoms with Crippen molar-refractivity contribution in [3.63, 3.8) is 0 Å². The van der Waals surface area contributed by atoms with Crippen molar-refractivity contribution in [2.75, 3.05) is 0 Å². The highest BCUT2D eigenvalue weighted by atomic mass is 32.1. The number of hydrogen-bond donors (Lipinski definition) is 2. The van der Waals surface area contributed by atoms with E-state index in [1.54, 1.807) is 24.3 Å². The van der Waals surface area contributed by atoms with Crippen LogP contribution in [0.2, 0.25) is 0 Å². The Balaban J connectivity index is 1.85. The Morgan fingerprint density at radius 3 is 1.52 bits per heavy atom. The van der Waals surface area contributed by atoms with Gasteiger partial charge in [0.05, 0.1) is 11.7 Å². The van der Waals surface area contributed by atoms with Crippen LogP contribution in [0.4, 0.5) is 0 Å². The van der Waals surface area contributed by atoms with Gasteiger partial charge in [0.2, 0.25) is 0 Å². The minimum atomic E-state index is -0.958. The fourth-order valence-corrected chi connectivity index (χ4v) is 4.78. The summed E-state index contributed by atoms with van der Waals surface area (Å²) in [6.45, 7) is 0. The van der Waals surface area contributed by atoms with E-state index in [0.717, 1.165) is 32.6 Å². The number of aromatic nitrogens is 2. The van der Waals surface area contributed by atoms with Crippen molar-refractivity contribution in [3.05, 3.63) is 46.2 Å². The maximum atomic E-state index is 11.1. The average molecular weight is 388 g/mol. The summed E-state index contributed by atoms with van der Waals surface area (Å²) in [6.07, 6.45) is 0. The quantitative estimate of drug-likeness (QED) is 0.532. The Morgan fingerprint density at radius 2 is 1.16 bits per heavy atom. The van der Waals surface area contributed by atoms with Crippen LogP contribution < -0.4 is 0 Å². The third kappa shape index (κ3) is 2.72. The van der Waals surface area contributed by atoms with Gasteiger partial charge in [-0.2, -0.15) is 8.75 Å². The highest BCUT2D eigenvalue weighted by Gasteiger charge is 2.17. The van der Waals surface area contributed by atoms with E-state index >= 15 is 0 Å². The summed E-state index contributed by atoms with van der Waals surface area (Å²) in [6, 6.07) is 10.4. The molecule has 9 heteroatoms. The molecule has 124 valence electrons. The zero-order chi connectivity index (χ0) is 17.6. The van der Waals surface area contributed by atoms with Crippen LogP contribution in [0.1, 0.15) is 19.3 Å². The Hall–Kier alpha value is -2.62. The van der Waals surface area contributed by atoms with Gasteiger partial charge in [-0.05, 0) is 24.3 Å². The van der Waals surface area contributed by atoms with Gasteiger partial charge in [-0.1, -0.05) is 12.1 Å². The Kier molecular flexibility index (Phi) is 3.83. The van der Waals surface area contributed by atoms with Crippen LogP contribution in [0.5, 0.6) is 0 Å². The summed E-state index contributed by atoms with van der Waals surface area (Å²) in [5, 5.41) is 18.2. The number of hydrogen-bond acceptors (Lipinski definition) is 7. The summed E-state index contributed by atoms with van der Waals surface area (Å²) >= 11 is 3.44. The molecule has 4 aromatic rings. The zero-order valence-electron chi connectivity index (χ0n) is 12.3. The Morgan fingerprint density at radius 1 is 0.720 bits per heavy atom. The first-order valence-electron chi connectivity index (χ1n) is 6.97. The molecule has 0 radical (unpaired) electrons. The highest BCUT2D eigenvalue weighted by Crippen LogP contribution is 2.39. The molecule has 0 fully saturated rings. The third-order valence-corrected chi connectivity index (χ3v) is 6.32. The summed E-state index contributed by atoms with van der Waals surface area (Å²) in [5.74, 6) is -1.92. The summed E-state index contributed by atoms with van der Waals surface area (Å²) in [7, 11) is 0. The molecule has 0 unspecified atom stereocenters. The number of thiophene rings is 2. The number of benzene rings is 1. The SMILES string of the molecule is O=C(O)c1ccc(-c2ccc(-c3ccc(C(=O)O)s3)c3nsnc23)s1. The Labute approximate surface area is 153 Å². The second-order valence-electron chi connectivity index (χ2n) is 5.06. The predicted molar refractivity (Wildman–Crippen MR) is 98.0 cm³/mol. The lowest BCUT2D eigenvalue weighted by Crippen LogP contribution is -1.89. The average Bonchev–Trinajstić information content (AvgIpc) is 3.32. The van der Waals surface area contributed by atoms with Gasteiger partial charge in [-0.15, -0.1) is 22.7 Å². The van der Waals surface area contributed by atoms with E-state index in [4.69, 9.17) is 10.2 Å². The molecule has 4 rings (SSSR count). The van der Waals surface area contributed by atoms with Crippen molar-refractivity contribution in [1.29, 1.82) is 0 Å². The van der Waals surface area contributed by atoms with Gasteiger partial charge in [0.1, 0.15) is 20.8 Å². The highest BCUT2D eigenvalue weighted by molar-refractivity contribution is 7.18. The molecule has 0 aliphatic heterocycles. The number of nitrogens with zero attached hydrogens (tertiary/aromatic N) is 2. The van der Waals surface area contributed by atoms with E-state index in [2.05, 4.69) is 8.75 Å². The van der Waals surface area contributed by atoms with Crippen LogP contribution in [-0.2, 0) is 0 Å². The minimum absolute atomic E-state index is 0.264. The molecule has 0 bridgehead atoms. The molecule has 0 saturated heterocycles. The van der Waals surface area contributed by atoms with E-state index in [1.807, 2.05) is 12.1 Å². The van der Waals surface area contributed by atoms with Crippen LogP contribution in [-0.4, -0.2) is 30.9 Å². The van der Waals surface area contributed by atoms with Crippen molar-refractivity contribution in [2.24, 2.45) is 0 Å². The molecule has 0 spiro atoms. The molecule has 2 N–H and O–H groups in total. The van der Waals surface area contributed by atoms with Gasteiger partial charge in [0.25, 0.3) is 0 Å². The number of fused-ring (bicyclic) bond motifs is 1. The van der Waals surface area contributed by atoms with Gasteiger partial charge in [0.15, 0.2) is 0 Å². The summed E-state index contributed by atoms with van der Waals surface area (Å²) in [5.41, 5.74) is 3.01. The van der Waals surface area contributed by atoms with Crippen molar-refractivity contribution in [1.82, 2.24) is 8.75 Å². The molecule has 3 heterocycles. The van der Waals surface area contributed by atoms with Crippen molar-refractivity contribution in [3.8, 4) is 20.9 Å². The van der Waals surface area contributed by atoms with E-state index < -0.39 is 11.9 Å². The first-order chi connectivity index (χ1) is 12.0. The zero-order valence-corrected chi connectivity index (χ0v) is 14.7. The van der Waals surface area contributed by atoms with Gasteiger partial charge < -0.3 is 10.2 Å². The maximum Gasteiger partial charge on any atom is 0.345 e. The predicted octanol–water partition coefficient (Wildman–Crippen LogP) is 4.54. The van der Waals surface area contributed by atoms with Gasteiger partial charge in [0, 0.05) is 20.9 Å². The molecule has 0 amide bonds. The van der Waals surface area contributed by atoms with Crippen LogP contribution in [0, 0.1) is 0 Å². The fourth-order valence-electron chi connectivity index (χ4n) is 2.46. The molecule has 25 heavy (non-hydrogen) atoms. The minimum Gasteiger partial charge on any atom is -0.477 e. The normalized spacial score (nSPS) is 11.0. The van der Waals surface area contributed by atoms with E-state index in [9.17, 15) is 9.59 Å². The van der Waals surface area contributed by atoms with Gasteiger partial charge in [-0.3, -0.25) is 0 Å².